The monoisotopic (exact) mass is 225 g/mol. The van der Waals surface area contributed by atoms with Crippen LogP contribution in [0.2, 0.25) is 0 Å². The van der Waals surface area contributed by atoms with Gasteiger partial charge < -0.3 is 0 Å². The minimum atomic E-state index is 0.0598. The van der Waals surface area contributed by atoms with Crippen molar-refractivity contribution in [3.63, 3.8) is 0 Å². The smallest absolute Gasteiger partial charge is 0.0887 e. The molecule has 0 bridgehead atoms. The molecule has 1 aliphatic heterocycles. The Morgan fingerprint density at radius 2 is 2.06 bits per heavy atom. The number of nitrogens with zero attached hydrogens (tertiary/aromatic N) is 1. The summed E-state index contributed by atoms with van der Waals surface area (Å²) >= 11 is 0. The lowest BCUT2D eigenvalue weighted by molar-refractivity contribution is -0.178. The first-order valence-corrected chi connectivity index (χ1v) is 6.96. The summed E-state index contributed by atoms with van der Waals surface area (Å²) < 4.78 is 0. The summed E-state index contributed by atoms with van der Waals surface area (Å²) in [5, 5.41) is 2.13. The molecule has 16 heavy (non-hydrogen) atoms. The van der Waals surface area contributed by atoms with Gasteiger partial charge in [-0.15, -0.1) is 0 Å². The van der Waals surface area contributed by atoms with Gasteiger partial charge in [-0.05, 0) is 39.0 Å². The molecule has 2 fully saturated rings. The second kappa shape index (κ2) is 4.66. The molecule has 0 N–H and O–H groups in total. The number of hydrogen-bond acceptors (Lipinski definition) is 2. The summed E-state index contributed by atoms with van der Waals surface area (Å²) in [5.74, 6) is 1.70. The van der Waals surface area contributed by atoms with Crippen LogP contribution in [0.15, 0.2) is 0 Å². The van der Waals surface area contributed by atoms with Crippen LogP contribution in [0.1, 0.15) is 59.3 Å². The molecular weight excluding hydrogens is 198 g/mol. The predicted octanol–water partition coefficient (Wildman–Crippen LogP) is 3.62. The van der Waals surface area contributed by atoms with Gasteiger partial charge in [0.05, 0.1) is 5.60 Å². The van der Waals surface area contributed by atoms with Gasteiger partial charge in [0, 0.05) is 19.0 Å². The summed E-state index contributed by atoms with van der Waals surface area (Å²) in [6.07, 6.45) is 8.29. The number of hydrogen-bond donors (Lipinski definition) is 0. The molecule has 1 saturated carbocycles. The Labute approximate surface area is 100 Å². The van der Waals surface area contributed by atoms with Gasteiger partial charge in [0.2, 0.25) is 0 Å². The summed E-state index contributed by atoms with van der Waals surface area (Å²) in [6, 6.07) is 0.674. The van der Waals surface area contributed by atoms with Gasteiger partial charge in [0.1, 0.15) is 0 Å². The molecule has 2 rings (SSSR count). The van der Waals surface area contributed by atoms with Crippen LogP contribution in [-0.4, -0.2) is 23.8 Å². The molecule has 0 radical (unpaired) electrons. The van der Waals surface area contributed by atoms with Crippen molar-refractivity contribution in [3.05, 3.63) is 0 Å². The zero-order valence-corrected chi connectivity index (χ0v) is 11.3. The maximum Gasteiger partial charge on any atom is 0.0887 e. The largest absolute Gasteiger partial charge is 0.293 e. The zero-order valence-electron chi connectivity index (χ0n) is 11.3. The van der Waals surface area contributed by atoms with Crippen molar-refractivity contribution in [2.24, 2.45) is 11.8 Å². The second-order valence-corrected chi connectivity index (χ2v) is 6.24. The number of hydroxylamine groups is 2. The molecule has 0 spiro atoms. The molecule has 0 aromatic rings. The highest BCUT2D eigenvalue weighted by atomic mass is 16.7. The van der Waals surface area contributed by atoms with Crippen LogP contribution in [-0.2, 0) is 4.84 Å². The van der Waals surface area contributed by atoms with E-state index in [1.807, 2.05) is 0 Å². The predicted molar refractivity (Wildman–Crippen MR) is 67.1 cm³/mol. The maximum absolute atomic E-state index is 5.98. The Balaban J connectivity index is 1.96. The van der Waals surface area contributed by atoms with Crippen LogP contribution in [0.3, 0.4) is 0 Å². The lowest BCUT2D eigenvalue weighted by Crippen LogP contribution is -2.38. The molecule has 0 amide bonds. The molecule has 94 valence electrons. The van der Waals surface area contributed by atoms with Crippen molar-refractivity contribution < 1.29 is 4.84 Å². The lowest BCUT2D eigenvalue weighted by Gasteiger charge is -2.35. The Bertz CT molecular complexity index is 239. The number of fused-ring (bicyclic) bond motifs is 1. The summed E-state index contributed by atoms with van der Waals surface area (Å²) in [7, 11) is 2.11. The van der Waals surface area contributed by atoms with Crippen molar-refractivity contribution in [3.8, 4) is 0 Å². The van der Waals surface area contributed by atoms with E-state index >= 15 is 0 Å². The first-order valence-electron chi connectivity index (χ1n) is 6.96. The van der Waals surface area contributed by atoms with Crippen molar-refractivity contribution >= 4 is 0 Å². The third-order valence-electron chi connectivity index (χ3n) is 4.63. The van der Waals surface area contributed by atoms with E-state index < -0.39 is 0 Å². The normalized spacial score (nSPS) is 38.6. The molecular formula is C14H27NO. The van der Waals surface area contributed by atoms with E-state index in [1.165, 1.54) is 38.5 Å². The molecule has 1 aliphatic carbocycles. The van der Waals surface area contributed by atoms with E-state index in [0.29, 0.717) is 6.04 Å². The topological polar surface area (TPSA) is 12.5 Å². The van der Waals surface area contributed by atoms with Crippen molar-refractivity contribution in [1.29, 1.82) is 0 Å². The molecule has 2 heteroatoms. The van der Waals surface area contributed by atoms with E-state index in [-0.39, 0.29) is 5.60 Å². The molecule has 0 unspecified atom stereocenters. The molecule has 0 aromatic carbocycles. The summed E-state index contributed by atoms with van der Waals surface area (Å²) in [6.45, 7) is 6.81. The molecule has 2 aliphatic rings. The van der Waals surface area contributed by atoms with Gasteiger partial charge in [-0.1, -0.05) is 26.2 Å². The Hall–Kier alpha value is -0.0800. The maximum atomic E-state index is 5.98. The van der Waals surface area contributed by atoms with Crippen LogP contribution < -0.4 is 0 Å². The van der Waals surface area contributed by atoms with Crippen LogP contribution >= 0.6 is 0 Å². The van der Waals surface area contributed by atoms with Crippen molar-refractivity contribution in [1.82, 2.24) is 5.06 Å². The Kier molecular flexibility index (Phi) is 3.60. The van der Waals surface area contributed by atoms with Gasteiger partial charge in [-0.3, -0.25) is 4.84 Å². The fourth-order valence-corrected chi connectivity index (χ4v) is 3.69. The third-order valence-corrected chi connectivity index (χ3v) is 4.63. The second-order valence-electron chi connectivity index (χ2n) is 6.24. The lowest BCUT2D eigenvalue weighted by atomic mass is 9.71. The van der Waals surface area contributed by atoms with Crippen LogP contribution in [0.5, 0.6) is 0 Å². The molecule has 3 atom stereocenters. The average molecular weight is 225 g/mol. The fourth-order valence-electron chi connectivity index (χ4n) is 3.69. The van der Waals surface area contributed by atoms with E-state index in [0.717, 1.165) is 11.8 Å². The van der Waals surface area contributed by atoms with E-state index in [2.05, 4.69) is 32.9 Å². The van der Waals surface area contributed by atoms with Gasteiger partial charge in [0.25, 0.3) is 0 Å². The first-order chi connectivity index (χ1) is 7.54. The zero-order chi connectivity index (χ0) is 11.8. The van der Waals surface area contributed by atoms with Crippen LogP contribution in [0.25, 0.3) is 0 Å². The minimum Gasteiger partial charge on any atom is -0.293 e. The fraction of sp³-hybridized carbons (Fsp3) is 1.00. The Morgan fingerprint density at radius 3 is 2.75 bits per heavy atom. The standard InChI is InChI=1S/C14H27NO/c1-5-6-7-11-8-9-13-12(10-11)14(2,3)16-15(13)4/h11-13H,5-10H2,1-4H3/t11-,12-,13-/m1/s1. The summed E-state index contributed by atoms with van der Waals surface area (Å²) in [5.41, 5.74) is 0.0598. The van der Waals surface area contributed by atoms with Gasteiger partial charge in [-0.2, -0.15) is 5.06 Å². The molecule has 1 saturated heterocycles. The van der Waals surface area contributed by atoms with Crippen molar-refractivity contribution in [2.45, 2.75) is 70.9 Å². The third kappa shape index (κ3) is 2.28. The highest BCUT2D eigenvalue weighted by Gasteiger charge is 2.49. The molecule has 2 nitrogen and oxygen atoms in total. The van der Waals surface area contributed by atoms with E-state index in [4.69, 9.17) is 4.84 Å². The van der Waals surface area contributed by atoms with Gasteiger partial charge >= 0.3 is 0 Å². The number of unbranched alkanes of at least 4 members (excludes halogenated alkanes) is 1. The quantitative estimate of drug-likeness (QED) is 0.727. The summed E-state index contributed by atoms with van der Waals surface area (Å²) in [4.78, 5) is 5.98. The SMILES string of the molecule is CCCC[C@@H]1CC[C@@H]2[C@@H](C1)C(C)(C)ON2C. The highest BCUT2D eigenvalue weighted by Crippen LogP contribution is 2.46. The minimum absolute atomic E-state index is 0.0598. The van der Waals surface area contributed by atoms with Crippen molar-refractivity contribution in [2.75, 3.05) is 7.05 Å². The molecule has 1 heterocycles. The average Bonchev–Trinajstić information content (AvgIpc) is 2.47. The van der Waals surface area contributed by atoms with Gasteiger partial charge in [0.15, 0.2) is 0 Å². The van der Waals surface area contributed by atoms with Crippen LogP contribution in [0.4, 0.5) is 0 Å². The Morgan fingerprint density at radius 1 is 1.31 bits per heavy atom. The van der Waals surface area contributed by atoms with Gasteiger partial charge in [-0.25, -0.2) is 0 Å². The highest BCUT2D eigenvalue weighted by molar-refractivity contribution is 4.96. The van der Waals surface area contributed by atoms with E-state index in [9.17, 15) is 0 Å². The van der Waals surface area contributed by atoms with Crippen LogP contribution in [0, 0.1) is 11.8 Å². The number of rotatable bonds is 3. The first kappa shape index (κ1) is 12.4. The van der Waals surface area contributed by atoms with E-state index in [1.54, 1.807) is 0 Å². The molecule has 0 aromatic heterocycles.